The fourth-order valence-electron chi connectivity index (χ4n) is 1.46. The van der Waals surface area contributed by atoms with Gasteiger partial charge in [-0.25, -0.2) is 9.37 Å². The zero-order chi connectivity index (χ0) is 13.8. The number of aromatic nitrogens is 1. The van der Waals surface area contributed by atoms with Gasteiger partial charge in [0.2, 0.25) is 0 Å². The summed E-state index contributed by atoms with van der Waals surface area (Å²) in [5.74, 6) is -1.06. The molecule has 1 aromatic carbocycles. The van der Waals surface area contributed by atoms with E-state index in [1.807, 2.05) is 24.3 Å². The van der Waals surface area contributed by atoms with Crippen LogP contribution >= 0.6 is 27.5 Å². The number of halogens is 3. The van der Waals surface area contributed by atoms with Crippen LogP contribution in [0.1, 0.15) is 15.9 Å². The predicted octanol–water partition coefficient (Wildman–Crippen LogP) is 3.57. The Bertz CT molecular complexity index is 604. The minimum Gasteiger partial charge on any atom is -0.348 e. The lowest BCUT2D eigenvalue weighted by Gasteiger charge is -2.06. The lowest BCUT2D eigenvalue weighted by Crippen LogP contribution is -2.23. The summed E-state index contributed by atoms with van der Waals surface area (Å²) in [6.45, 7) is 0.332. The molecule has 0 aliphatic carbocycles. The first kappa shape index (κ1) is 14.0. The number of hydrogen-bond acceptors (Lipinski definition) is 2. The summed E-state index contributed by atoms with van der Waals surface area (Å²) in [7, 11) is 0. The molecule has 0 unspecified atom stereocenters. The van der Waals surface area contributed by atoms with E-state index in [4.69, 9.17) is 11.6 Å². The van der Waals surface area contributed by atoms with E-state index in [0.717, 1.165) is 22.3 Å². The lowest BCUT2D eigenvalue weighted by molar-refractivity contribution is 0.0950. The molecule has 0 atom stereocenters. The summed E-state index contributed by atoms with van der Waals surface area (Å²) >= 11 is 9.07. The maximum atomic E-state index is 13.0. The monoisotopic (exact) mass is 342 g/mol. The third kappa shape index (κ3) is 3.75. The number of rotatable bonds is 3. The van der Waals surface area contributed by atoms with Gasteiger partial charge in [0.25, 0.3) is 5.91 Å². The van der Waals surface area contributed by atoms with E-state index in [1.165, 1.54) is 0 Å². The molecule has 0 fully saturated rings. The molecule has 0 radical (unpaired) electrons. The summed E-state index contributed by atoms with van der Waals surface area (Å²) in [5.41, 5.74) is 0.954. The van der Waals surface area contributed by atoms with Crippen LogP contribution in [0.5, 0.6) is 0 Å². The fraction of sp³-hybridized carbons (Fsp3) is 0.0769. The van der Waals surface area contributed by atoms with Crippen molar-refractivity contribution in [3.8, 4) is 0 Å². The summed E-state index contributed by atoms with van der Waals surface area (Å²) < 4.78 is 14.0. The average Bonchev–Trinajstić information content (AvgIpc) is 2.40. The first-order valence-electron chi connectivity index (χ1n) is 5.40. The Kier molecular flexibility index (Phi) is 4.50. The highest BCUT2D eigenvalue weighted by atomic mass is 79.9. The first-order valence-corrected chi connectivity index (χ1v) is 6.57. The number of pyridine rings is 1. The molecule has 2 rings (SSSR count). The second kappa shape index (κ2) is 6.12. The van der Waals surface area contributed by atoms with Crippen molar-refractivity contribution < 1.29 is 9.18 Å². The third-order valence-electron chi connectivity index (χ3n) is 2.42. The highest BCUT2D eigenvalue weighted by Gasteiger charge is 2.12. The van der Waals surface area contributed by atoms with E-state index < -0.39 is 11.7 Å². The highest BCUT2D eigenvalue weighted by Crippen LogP contribution is 2.14. The Hall–Kier alpha value is -1.46. The molecule has 98 valence electrons. The number of amides is 1. The predicted molar refractivity (Wildman–Crippen MR) is 74.5 cm³/mol. The van der Waals surface area contributed by atoms with E-state index in [-0.39, 0.29) is 10.7 Å². The minimum absolute atomic E-state index is 0.0188. The van der Waals surface area contributed by atoms with Crippen LogP contribution in [0.15, 0.2) is 41.0 Å². The highest BCUT2D eigenvalue weighted by molar-refractivity contribution is 9.10. The number of benzene rings is 1. The zero-order valence-corrected chi connectivity index (χ0v) is 12.0. The molecule has 3 nitrogen and oxygen atoms in total. The van der Waals surface area contributed by atoms with Gasteiger partial charge in [-0.2, -0.15) is 0 Å². The maximum absolute atomic E-state index is 13.0. The molecule has 0 aliphatic heterocycles. The van der Waals surface area contributed by atoms with Crippen LogP contribution in [-0.2, 0) is 6.54 Å². The van der Waals surface area contributed by atoms with Crippen LogP contribution < -0.4 is 5.32 Å². The fourth-order valence-corrected chi connectivity index (χ4v) is 1.92. The van der Waals surface area contributed by atoms with Crippen molar-refractivity contribution in [1.82, 2.24) is 10.3 Å². The number of carbonyl (C=O) groups is 1. The molecule has 0 aliphatic rings. The molecule has 1 amide bonds. The van der Waals surface area contributed by atoms with Crippen molar-refractivity contribution in [1.29, 1.82) is 0 Å². The third-order valence-corrected chi connectivity index (χ3v) is 3.25. The SMILES string of the molecule is O=C(NCc1ccc(Br)cc1)c1cc(F)cnc1Cl. The number of nitrogens with zero attached hydrogens (tertiary/aromatic N) is 1. The van der Waals surface area contributed by atoms with E-state index in [1.54, 1.807) is 0 Å². The first-order chi connectivity index (χ1) is 9.06. The lowest BCUT2D eigenvalue weighted by atomic mass is 10.2. The standard InChI is InChI=1S/C13H9BrClFN2O/c14-9-3-1-8(2-4-9)6-18-13(19)11-5-10(16)7-17-12(11)15/h1-5,7H,6H2,(H,18,19). The molecular formula is C13H9BrClFN2O. The summed E-state index contributed by atoms with van der Waals surface area (Å²) in [6.07, 6.45) is 0.966. The second-order valence-electron chi connectivity index (χ2n) is 3.80. The molecule has 1 heterocycles. The maximum Gasteiger partial charge on any atom is 0.254 e. The number of carbonyl (C=O) groups excluding carboxylic acids is 1. The molecule has 0 saturated carbocycles. The number of hydrogen-bond donors (Lipinski definition) is 1. The number of nitrogens with one attached hydrogen (secondary N) is 1. The van der Waals surface area contributed by atoms with Crippen molar-refractivity contribution >= 4 is 33.4 Å². The Morgan fingerprint density at radius 2 is 2.05 bits per heavy atom. The van der Waals surface area contributed by atoms with Gasteiger partial charge in [0, 0.05) is 11.0 Å². The van der Waals surface area contributed by atoms with Crippen LogP contribution in [-0.4, -0.2) is 10.9 Å². The topological polar surface area (TPSA) is 42.0 Å². The molecule has 0 spiro atoms. The van der Waals surface area contributed by atoms with Crippen molar-refractivity contribution in [3.63, 3.8) is 0 Å². The molecule has 1 N–H and O–H groups in total. The van der Waals surface area contributed by atoms with E-state index in [9.17, 15) is 9.18 Å². The average molecular weight is 344 g/mol. The molecule has 1 aromatic heterocycles. The molecule has 19 heavy (non-hydrogen) atoms. The van der Waals surface area contributed by atoms with Gasteiger partial charge in [-0.1, -0.05) is 39.7 Å². The van der Waals surface area contributed by atoms with Crippen LogP contribution in [0.4, 0.5) is 4.39 Å². The van der Waals surface area contributed by atoms with Crippen molar-refractivity contribution in [3.05, 3.63) is 63.1 Å². The Labute approximate surface area is 122 Å². The van der Waals surface area contributed by atoms with Gasteiger partial charge in [-0.3, -0.25) is 4.79 Å². The van der Waals surface area contributed by atoms with Crippen LogP contribution in [0.25, 0.3) is 0 Å². The van der Waals surface area contributed by atoms with Gasteiger partial charge in [0.15, 0.2) is 0 Å². The van der Waals surface area contributed by atoms with Gasteiger partial charge in [0.1, 0.15) is 11.0 Å². The van der Waals surface area contributed by atoms with Gasteiger partial charge >= 0.3 is 0 Å². The zero-order valence-electron chi connectivity index (χ0n) is 9.66. The van der Waals surface area contributed by atoms with Crippen molar-refractivity contribution in [2.45, 2.75) is 6.54 Å². The smallest absolute Gasteiger partial charge is 0.254 e. The molecular weight excluding hydrogens is 335 g/mol. The van der Waals surface area contributed by atoms with Crippen molar-refractivity contribution in [2.24, 2.45) is 0 Å². The quantitative estimate of drug-likeness (QED) is 0.866. The van der Waals surface area contributed by atoms with Gasteiger partial charge in [-0.15, -0.1) is 0 Å². The second-order valence-corrected chi connectivity index (χ2v) is 5.07. The molecule has 2 aromatic rings. The largest absolute Gasteiger partial charge is 0.348 e. The van der Waals surface area contributed by atoms with E-state index in [0.29, 0.717) is 6.54 Å². The Morgan fingerprint density at radius 3 is 2.74 bits per heavy atom. The van der Waals surface area contributed by atoms with Gasteiger partial charge < -0.3 is 5.32 Å². The van der Waals surface area contributed by atoms with Gasteiger partial charge in [-0.05, 0) is 23.8 Å². The van der Waals surface area contributed by atoms with Crippen LogP contribution in [0.2, 0.25) is 5.15 Å². The van der Waals surface area contributed by atoms with Crippen molar-refractivity contribution in [2.75, 3.05) is 0 Å². The Morgan fingerprint density at radius 1 is 1.37 bits per heavy atom. The van der Waals surface area contributed by atoms with Gasteiger partial charge in [0.05, 0.1) is 11.8 Å². The van der Waals surface area contributed by atoms with Crippen LogP contribution in [0, 0.1) is 5.82 Å². The molecule has 0 saturated heterocycles. The summed E-state index contributed by atoms with van der Waals surface area (Å²) in [6, 6.07) is 8.55. The normalized spacial score (nSPS) is 10.3. The summed E-state index contributed by atoms with van der Waals surface area (Å²) in [5, 5.41) is 2.64. The summed E-state index contributed by atoms with van der Waals surface area (Å²) in [4.78, 5) is 15.4. The van der Waals surface area contributed by atoms with E-state index >= 15 is 0 Å². The molecule has 6 heteroatoms. The molecule has 0 bridgehead atoms. The van der Waals surface area contributed by atoms with E-state index in [2.05, 4.69) is 26.2 Å². The Balaban J connectivity index is 2.05. The minimum atomic E-state index is -0.599. The van der Waals surface area contributed by atoms with Crippen LogP contribution in [0.3, 0.4) is 0 Å².